The van der Waals surface area contributed by atoms with Crippen LogP contribution in [-0.2, 0) is 11.3 Å². The highest BCUT2D eigenvalue weighted by molar-refractivity contribution is 7.11. The van der Waals surface area contributed by atoms with Crippen molar-refractivity contribution in [2.75, 3.05) is 6.61 Å². The van der Waals surface area contributed by atoms with E-state index in [1.807, 2.05) is 0 Å². The molecule has 0 saturated carbocycles. The van der Waals surface area contributed by atoms with Crippen LogP contribution in [0.25, 0.3) is 0 Å². The van der Waals surface area contributed by atoms with Crippen molar-refractivity contribution < 1.29 is 24.5 Å². The molecule has 160 valence electrons. The van der Waals surface area contributed by atoms with Gasteiger partial charge in [-0.25, -0.2) is 10.2 Å². The first kappa shape index (κ1) is 22.1. The van der Waals surface area contributed by atoms with Gasteiger partial charge in [-0.3, -0.25) is 14.2 Å². The summed E-state index contributed by atoms with van der Waals surface area (Å²) in [7, 11) is 0. The van der Waals surface area contributed by atoms with Crippen LogP contribution in [-0.4, -0.2) is 39.5 Å². The van der Waals surface area contributed by atoms with E-state index in [9.17, 15) is 19.5 Å². The summed E-state index contributed by atoms with van der Waals surface area (Å²) in [5.41, 5.74) is 2.98. The molecular formula is C20H16ClN3O6S. The zero-order valence-electron chi connectivity index (χ0n) is 15.8. The van der Waals surface area contributed by atoms with Crippen molar-refractivity contribution in [1.29, 1.82) is 0 Å². The molecule has 9 nitrogen and oxygen atoms in total. The predicted octanol–water partition coefficient (Wildman–Crippen LogP) is 2.54. The lowest BCUT2D eigenvalue weighted by Crippen LogP contribution is -2.24. The molecule has 3 rings (SSSR count). The molecule has 3 aromatic rings. The second kappa shape index (κ2) is 9.92. The van der Waals surface area contributed by atoms with E-state index >= 15 is 0 Å². The summed E-state index contributed by atoms with van der Waals surface area (Å²) in [6, 6.07) is 12.1. The van der Waals surface area contributed by atoms with Gasteiger partial charge in [0.05, 0.1) is 23.2 Å². The Morgan fingerprint density at radius 2 is 1.97 bits per heavy atom. The molecule has 0 radical (unpaired) electrons. The van der Waals surface area contributed by atoms with Crippen LogP contribution in [0.1, 0.15) is 20.8 Å². The molecule has 3 N–H and O–H groups in total. The maximum atomic E-state index is 12.3. The van der Waals surface area contributed by atoms with E-state index < -0.39 is 11.9 Å². The lowest BCUT2D eigenvalue weighted by Gasteiger charge is -2.05. The normalized spacial score (nSPS) is 10.9. The molecule has 0 saturated heterocycles. The quantitative estimate of drug-likeness (QED) is 0.349. The van der Waals surface area contributed by atoms with Gasteiger partial charge in [-0.05, 0) is 42.0 Å². The van der Waals surface area contributed by atoms with Crippen LogP contribution in [0.4, 0.5) is 0 Å². The molecule has 0 fully saturated rings. The monoisotopic (exact) mass is 461 g/mol. The Morgan fingerprint density at radius 3 is 2.68 bits per heavy atom. The van der Waals surface area contributed by atoms with Crippen molar-refractivity contribution in [1.82, 2.24) is 9.99 Å². The van der Waals surface area contributed by atoms with Crippen LogP contribution in [0, 0.1) is 0 Å². The number of aromatic nitrogens is 1. The summed E-state index contributed by atoms with van der Waals surface area (Å²) in [6.45, 7) is -0.205. The maximum absolute atomic E-state index is 12.3. The molecule has 1 amide bonds. The molecule has 1 heterocycles. The van der Waals surface area contributed by atoms with E-state index in [1.54, 1.807) is 12.1 Å². The number of hydrogen-bond acceptors (Lipinski definition) is 7. The fraction of sp³-hybridized carbons (Fsp3) is 0.100. The van der Waals surface area contributed by atoms with E-state index in [2.05, 4.69) is 10.5 Å². The number of aromatic hydroxyl groups is 1. The molecule has 0 aliphatic carbocycles. The van der Waals surface area contributed by atoms with Crippen molar-refractivity contribution in [3.05, 3.63) is 79.4 Å². The molecule has 0 atom stereocenters. The van der Waals surface area contributed by atoms with Crippen molar-refractivity contribution >= 4 is 41.0 Å². The summed E-state index contributed by atoms with van der Waals surface area (Å²) in [4.78, 5) is 35.1. The number of hydrogen-bond donors (Lipinski definition) is 3. The van der Waals surface area contributed by atoms with E-state index in [-0.39, 0.29) is 34.5 Å². The number of thiazole rings is 1. The number of benzene rings is 2. The Labute approximate surface area is 184 Å². The van der Waals surface area contributed by atoms with Crippen LogP contribution >= 0.6 is 22.9 Å². The minimum absolute atomic E-state index is 0.0822. The van der Waals surface area contributed by atoms with Gasteiger partial charge in [0.2, 0.25) is 0 Å². The van der Waals surface area contributed by atoms with E-state index in [0.717, 1.165) is 11.3 Å². The average Bonchev–Trinajstić information content (AvgIpc) is 3.01. The summed E-state index contributed by atoms with van der Waals surface area (Å²) >= 11 is 7.10. The standard InChI is InChI=1S/C20H16ClN3O6S/c21-18-16(9-22-23-17(26)11-30-15-6-4-14(25)5-7-15)31-20(29)24(18)10-12-2-1-3-13(8-12)19(27)28/h1-9,25H,10-11H2,(H,23,26)(H,27,28). The van der Waals surface area contributed by atoms with Crippen LogP contribution in [0.5, 0.6) is 11.5 Å². The molecule has 0 unspecified atom stereocenters. The first-order chi connectivity index (χ1) is 14.8. The summed E-state index contributed by atoms with van der Waals surface area (Å²) in [5.74, 6) is -1.11. The third kappa shape index (κ3) is 5.93. The Hall–Kier alpha value is -3.63. The van der Waals surface area contributed by atoms with Gasteiger partial charge in [0.15, 0.2) is 6.61 Å². The van der Waals surface area contributed by atoms with Gasteiger partial charge >= 0.3 is 10.8 Å². The molecule has 0 spiro atoms. The molecule has 0 aliphatic heterocycles. The van der Waals surface area contributed by atoms with Crippen LogP contribution < -0.4 is 15.0 Å². The van der Waals surface area contributed by atoms with Gasteiger partial charge in [-0.2, -0.15) is 5.10 Å². The number of carbonyl (C=O) groups is 2. The highest BCUT2D eigenvalue weighted by Crippen LogP contribution is 2.19. The lowest BCUT2D eigenvalue weighted by molar-refractivity contribution is -0.123. The molecule has 0 aliphatic rings. The summed E-state index contributed by atoms with van der Waals surface area (Å²) < 4.78 is 6.53. The molecule has 31 heavy (non-hydrogen) atoms. The molecular weight excluding hydrogens is 446 g/mol. The number of nitrogens with one attached hydrogen (secondary N) is 1. The van der Waals surface area contributed by atoms with Crippen LogP contribution in [0.2, 0.25) is 5.15 Å². The highest BCUT2D eigenvalue weighted by Gasteiger charge is 2.13. The fourth-order valence-electron chi connectivity index (χ4n) is 2.49. The number of halogens is 1. The zero-order chi connectivity index (χ0) is 22.4. The summed E-state index contributed by atoms with van der Waals surface area (Å²) in [5, 5.41) is 22.2. The van der Waals surface area contributed by atoms with Gasteiger partial charge in [0, 0.05) is 0 Å². The highest BCUT2D eigenvalue weighted by atomic mass is 35.5. The Kier molecular flexibility index (Phi) is 7.06. The predicted molar refractivity (Wildman–Crippen MR) is 115 cm³/mol. The molecule has 0 bridgehead atoms. The third-order valence-electron chi connectivity index (χ3n) is 3.95. The van der Waals surface area contributed by atoms with Gasteiger partial charge in [-0.1, -0.05) is 35.1 Å². The number of nitrogens with zero attached hydrogens (tertiary/aromatic N) is 2. The lowest BCUT2D eigenvalue weighted by atomic mass is 10.1. The minimum Gasteiger partial charge on any atom is -0.508 e. The summed E-state index contributed by atoms with van der Waals surface area (Å²) in [6.07, 6.45) is 1.25. The number of ether oxygens (including phenoxy) is 1. The maximum Gasteiger partial charge on any atom is 0.335 e. The van der Waals surface area contributed by atoms with Crippen LogP contribution in [0.3, 0.4) is 0 Å². The second-order valence-electron chi connectivity index (χ2n) is 6.19. The first-order valence-corrected chi connectivity index (χ1v) is 9.98. The molecule has 11 heteroatoms. The molecule has 2 aromatic carbocycles. The van der Waals surface area contributed by atoms with Crippen LogP contribution in [0.15, 0.2) is 58.4 Å². The Morgan fingerprint density at radius 1 is 1.23 bits per heavy atom. The number of aromatic carboxylic acids is 1. The largest absolute Gasteiger partial charge is 0.508 e. The SMILES string of the molecule is O=C(COc1ccc(O)cc1)NN=Cc1sc(=O)n(Cc2cccc(C(=O)O)c2)c1Cl. The van der Waals surface area contributed by atoms with Gasteiger partial charge in [0.25, 0.3) is 5.91 Å². The Balaban J connectivity index is 1.61. The van der Waals surface area contributed by atoms with Gasteiger partial charge in [0.1, 0.15) is 16.7 Å². The second-order valence-corrected chi connectivity index (χ2v) is 7.54. The van der Waals surface area contributed by atoms with Gasteiger partial charge < -0.3 is 14.9 Å². The zero-order valence-corrected chi connectivity index (χ0v) is 17.4. The van der Waals surface area contributed by atoms with Crippen molar-refractivity contribution in [2.45, 2.75) is 6.54 Å². The number of carbonyl (C=O) groups excluding carboxylic acids is 1. The number of carboxylic acids is 1. The number of phenolic OH excluding ortho intramolecular Hbond substituents is 1. The first-order valence-electron chi connectivity index (χ1n) is 8.78. The fourth-order valence-corrected chi connectivity index (χ4v) is 3.59. The molecule has 1 aromatic heterocycles. The smallest absolute Gasteiger partial charge is 0.335 e. The number of carboxylic acid groups (broad SMARTS) is 1. The van der Waals surface area contributed by atoms with Crippen molar-refractivity contribution in [3.8, 4) is 11.5 Å². The van der Waals surface area contributed by atoms with Crippen molar-refractivity contribution in [3.63, 3.8) is 0 Å². The van der Waals surface area contributed by atoms with E-state index in [4.69, 9.17) is 21.4 Å². The Bertz CT molecular complexity index is 1190. The average molecular weight is 462 g/mol. The topological polar surface area (TPSA) is 130 Å². The van der Waals surface area contributed by atoms with Gasteiger partial charge in [-0.15, -0.1) is 0 Å². The van der Waals surface area contributed by atoms with E-state index in [0.29, 0.717) is 16.2 Å². The number of amides is 1. The van der Waals surface area contributed by atoms with Crippen molar-refractivity contribution in [2.24, 2.45) is 5.10 Å². The van der Waals surface area contributed by atoms with E-state index in [1.165, 1.54) is 47.2 Å². The number of hydrazone groups is 1. The number of rotatable bonds is 8. The minimum atomic E-state index is -1.07. The number of phenols is 1. The third-order valence-corrected chi connectivity index (χ3v) is 5.38.